The number of benzene rings is 2. The summed E-state index contributed by atoms with van der Waals surface area (Å²) >= 11 is 0. The van der Waals surface area contributed by atoms with Crippen LogP contribution in [0.4, 0.5) is 8.78 Å². The average Bonchev–Trinajstić information content (AvgIpc) is 2.87. The standard InChI is InChI=1S/C16H14F2O2/c17-12-6-5-10(7-13(12)18)8-14(19)16-9-11-3-1-2-4-15(11)20-16/h1-7,14,16,19H,8-9H2. The molecule has 0 bridgehead atoms. The number of fused-ring (bicyclic) bond motifs is 1. The van der Waals surface area contributed by atoms with Crippen molar-refractivity contribution in [1.29, 1.82) is 0 Å². The van der Waals surface area contributed by atoms with E-state index in [2.05, 4.69) is 0 Å². The molecular formula is C16H14F2O2. The molecule has 0 saturated heterocycles. The topological polar surface area (TPSA) is 29.5 Å². The molecule has 2 unspecified atom stereocenters. The number of aliphatic hydroxyl groups is 1. The summed E-state index contributed by atoms with van der Waals surface area (Å²) < 4.78 is 31.7. The molecule has 4 heteroatoms. The number of ether oxygens (including phenoxy) is 1. The van der Waals surface area contributed by atoms with Gasteiger partial charge in [0.25, 0.3) is 0 Å². The van der Waals surface area contributed by atoms with Crippen molar-refractivity contribution in [3.8, 4) is 5.75 Å². The van der Waals surface area contributed by atoms with E-state index < -0.39 is 17.7 Å². The Balaban J connectivity index is 1.69. The molecule has 0 aliphatic carbocycles. The molecule has 1 N–H and O–H groups in total. The Morgan fingerprint density at radius 2 is 1.95 bits per heavy atom. The van der Waals surface area contributed by atoms with Crippen LogP contribution in [0.3, 0.4) is 0 Å². The van der Waals surface area contributed by atoms with Crippen LogP contribution in [0, 0.1) is 11.6 Å². The second-order valence-corrected chi connectivity index (χ2v) is 4.99. The van der Waals surface area contributed by atoms with Gasteiger partial charge in [-0.05, 0) is 29.3 Å². The van der Waals surface area contributed by atoms with Crippen LogP contribution in [-0.2, 0) is 12.8 Å². The van der Waals surface area contributed by atoms with Crippen LogP contribution in [0.15, 0.2) is 42.5 Å². The van der Waals surface area contributed by atoms with Crippen LogP contribution >= 0.6 is 0 Å². The van der Waals surface area contributed by atoms with Gasteiger partial charge in [-0.15, -0.1) is 0 Å². The van der Waals surface area contributed by atoms with E-state index in [4.69, 9.17) is 4.74 Å². The summed E-state index contributed by atoms with van der Waals surface area (Å²) in [6, 6.07) is 11.3. The van der Waals surface area contributed by atoms with Crippen molar-refractivity contribution in [3.05, 3.63) is 65.2 Å². The summed E-state index contributed by atoms with van der Waals surface area (Å²) in [6.45, 7) is 0. The van der Waals surface area contributed by atoms with Gasteiger partial charge in [-0.25, -0.2) is 8.78 Å². The lowest BCUT2D eigenvalue weighted by Crippen LogP contribution is -2.32. The number of hydrogen-bond donors (Lipinski definition) is 1. The van der Waals surface area contributed by atoms with Gasteiger partial charge in [0.1, 0.15) is 11.9 Å². The lowest BCUT2D eigenvalue weighted by Gasteiger charge is -2.18. The molecule has 0 aromatic heterocycles. The maximum atomic E-state index is 13.1. The number of halogens is 2. The summed E-state index contributed by atoms with van der Waals surface area (Å²) in [5.41, 5.74) is 1.61. The van der Waals surface area contributed by atoms with Gasteiger partial charge < -0.3 is 9.84 Å². The zero-order chi connectivity index (χ0) is 14.1. The molecule has 0 saturated carbocycles. The lowest BCUT2D eigenvalue weighted by molar-refractivity contribution is 0.0502. The molecule has 20 heavy (non-hydrogen) atoms. The first-order valence-corrected chi connectivity index (χ1v) is 6.50. The van der Waals surface area contributed by atoms with Gasteiger partial charge in [0.15, 0.2) is 11.6 Å². The third kappa shape index (κ3) is 2.51. The fourth-order valence-electron chi connectivity index (χ4n) is 2.46. The first kappa shape index (κ1) is 13.1. The quantitative estimate of drug-likeness (QED) is 0.934. The number of rotatable bonds is 3. The fraction of sp³-hybridized carbons (Fsp3) is 0.250. The van der Waals surface area contributed by atoms with E-state index in [9.17, 15) is 13.9 Å². The number of para-hydroxylation sites is 1. The molecule has 0 radical (unpaired) electrons. The summed E-state index contributed by atoms with van der Waals surface area (Å²) in [4.78, 5) is 0. The monoisotopic (exact) mass is 276 g/mol. The third-order valence-electron chi connectivity index (χ3n) is 3.53. The van der Waals surface area contributed by atoms with Crippen LogP contribution in [0.2, 0.25) is 0 Å². The highest BCUT2D eigenvalue weighted by Gasteiger charge is 2.29. The molecule has 0 amide bonds. The summed E-state index contributed by atoms with van der Waals surface area (Å²) in [7, 11) is 0. The molecule has 2 aromatic carbocycles. The highest BCUT2D eigenvalue weighted by Crippen LogP contribution is 2.30. The van der Waals surface area contributed by atoms with Crippen molar-refractivity contribution < 1.29 is 18.6 Å². The normalized spacial score (nSPS) is 18.4. The Kier molecular flexibility index (Phi) is 3.40. The van der Waals surface area contributed by atoms with E-state index in [-0.39, 0.29) is 12.5 Å². The zero-order valence-corrected chi connectivity index (χ0v) is 10.7. The van der Waals surface area contributed by atoms with Crippen LogP contribution < -0.4 is 4.74 Å². The molecule has 2 atom stereocenters. The molecule has 2 aromatic rings. The van der Waals surface area contributed by atoms with Crippen LogP contribution in [0.25, 0.3) is 0 Å². The Labute approximate surface area is 115 Å². The van der Waals surface area contributed by atoms with Gasteiger partial charge in [0.2, 0.25) is 0 Å². The maximum Gasteiger partial charge on any atom is 0.159 e. The van der Waals surface area contributed by atoms with Crippen molar-refractivity contribution in [3.63, 3.8) is 0 Å². The molecule has 104 valence electrons. The molecule has 0 spiro atoms. The van der Waals surface area contributed by atoms with Gasteiger partial charge in [-0.1, -0.05) is 24.3 Å². The molecule has 2 nitrogen and oxygen atoms in total. The number of aliphatic hydroxyl groups excluding tert-OH is 1. The first-order chi connectivity index (χ1) is 9.63. The minimum Gasteiger partial charge on any atom is -0.487 e. The van der Waals surface area contributed by atoms with Crippen molar-refractivity contribution in [2.45, 2.75) is 25.0 Å². The van der Waals surface area contributed by atoms with Crippen LogP contribution in [0.1, 0.15) is 11.1 Å². The summed E-state index contributed by atoms with van der Waals surface area (Å²) in [6.07, 6.45) is -0.246. The van der Waals surface area contributed by atoms with Gasteiger partial charge in [-0.2, -0.15) is 0 Å². The third-order valence-corrected chi connectivity index (χ3v) is 3.53. The Morgan fingerprint density at radius 1 is 1.15 bits per heavy atom. The van der Waals surface area contributed by atoms with E-state index in [1.807, 2.05) is 24.3 Å². The maximum absolute atomic E-state index is 13.1. The first-order valence-electron chi connectivity index (χ1n) is 6.50. The van der Waals surface area contributed by atoms with Gasteiger partial charge >= 0.3 is 0 Å². The molecule has 3 rings (SSSR count). The highest BCUT2D eigenvalue weighted by atomic mass is 19.2. The van der Waals surface area contributed by atoms with Crippen molar-refractivity contribution in [2.24, 2.45) is 0 Å². The largest absolute Gasteiger partial charge is 0.487 e. The number of hydrogen-bond acceptors (Lipinski definition) is 2. The fourth-order valence-corrected chi connectivity index (χ4v) is 2.46. The van der Waals surface area contributed by atoms with Crippen molar-refractivity contribution in [2.75, 3.05) is 0 Å². The summed E-state index contributed by atoms with van der Waals surface area (Å²) in [5, 5.41) is 10.2. The van der Waals surface area contributed by atoms with Crippen molar-refractivity contribution in [1.82, 2.24) is 0 Å². The minimum absolute atomic E-state index is 0.232. The molecule has 0 fully saturated rings. The van der Waals surface area contributed by atoms with Crippen LogP contribution in [-0.4, -0.2) is 17.3 Å². The van der Waals surface area contributed by atoms with E-state index in [0.717, 1.165) is 23.4 Å². The van der Waals surface area contributed by atoms with E-state index in [1.165, 1.54) is 6.07 Å². The summed E-state index contributed by atoms with van der Waals surface area (Å²) in [5.74, 6) is -1.00. The molecule has 1 aliphatic heterocycles. The molecule has 1 heterocycles. The van der Waals surface area contributed by atoms with Gasteiger partial charge in [0, 0.05) is 12.8 Å². The zero-order valence-electron chi connectivity index (χ0n) is 10.7. The Morgan fingerprint density at radius 3 is 2.70 bits per heavy atom. The average molecular weight is 276 g/mol. The predicted octanol–water partition coefficient (Wildman–Crippen LogP) is 2.87. The molecule has 1 aliphatic rings. The lowest BCUT2D eigenvalue weighted by atomic mass is 10.0. The second kappa shape index (κ2) is 5.21. The molecular weight excluding hydrogens is 262 g/mol. The highest BCUT2D eigenvalue weighted by molar-refractivity contribution is 5.37. The predicted molar refractivity (Wildman–Crippen MR) is 70.6 cm³/mol. The minimum atomic E-state index is -0.898. The van der Waals surface area contributed by atoms with E-state index in [1.54, 1.807) is 0 Å². The van der Waals surface area contributed by atoms with Gasteiger partial charge in [-0.3, -0.25) is 0 Å². The Hall–Kier alpha value is -1.94. The van der Waals surface area contributed by atoms with E-state index >= 15 is 0 Å². The van der Waals surface area contributed by atoms with Crippen LogP contribution in [0.5, 0.6) is 5.75 Å². The van der Waals surface area contributed by atoms with E-state index in [0.29, 0.717) is 12.0 Å². The van der Waals surface area contributed by atoms with Crippen molar-refractivity contribution >= 4 is 0 Å². The Bertz CT molecular complexity index is 603. The second-order valence-electron chi connectivity index (χ2n) is 4.99. The SMILES string of the molecule is OC(Cc1ccc(F)c(F)c1)C1Cc2ccccc2O1. The van der Waals surface area contributed by atoms with Gasteiger partial charge in [0.05, 0.1) is 6.10 Å². The smallest absolute Gasteiger partial charge is 0.159 e.